The maximum atomic E-state index is 14.8. The molecule has 0 radical (unpaired) electrons. The van der Waals surface area contributed by atoms with E-state index in [1.54, 1.807) is 36.4 Å². The SMILES string of the molecule is CC1CN(C(CNC(=O)c2cccnc2Nc2cccc(F)c2)c2c(F)cccc2Cl)CCO1. The first kappa shape index (κ1) is 24.1. The molecule has 2 unspecified atom stereocenters. The standard InChI is InChI=1S/C25H25ClF2N4O2/c1-16-15-32(11-12-34-16)22(23-20(26)8-3-9-21(23)28)14-30-25(33)19-7-4-10-29-24(19)31-18-6-2-5-17(27)13-18/h2-10,13,16,22H,11-12,14-15H2,1H3,(H,29,31)(H,30,33). The molecule has 1 aromatic heterocycles. The molecule has 6 nitrogen and oxygen atoms in total. The highest BCUT2D eigenvalue weighted by Crippen LogP contribution is 2.31. The van der Waals surface area contributed by atoms with Crippen LogP contribution in [0.25, 0.3) is 0 Å². The highest BCUT2D eigenvalue weighted by molar-refractivity contribution is 6.31. The molecular formula is C25H25ClF2N4O2. The number of halogens is 3. The molecular weight excluding hydrogens is 462 g/mol. The van der Waals surface area contributed by atoms with Crippen LogP contribution in [0.5, 0.6) is 0 Å². The van der Waals surface area contributed by atoms with Crippen LogP contribution in [-0.2, 0) is 4.74 Å². The fraction of sp³-hybridized carbons (Fsp3) is 0.280. The van der Waals surface area contributed by atoms with E-state index in [1.165, 1.54) is 24.4 Å². The highest BCUT2D eigenvalue weighted by Gasteiger charge is 2.30. The number of morpholine rings is 1. The Hall–Kier alpha value is -3.07. The second-order valence-electron chi connectivity index (χ2n) is 8.07. The highest BCUT2D eigenvalue weighted by atomic mass is 35.5. The summed E-state index contributed by atoms with van der Waals surface area (Å²) in [5, 5.41) is 6.18. The number of nitrogens with one attached hydrogen (secondary N) is 2. The van der Waals surface area contributed by atoms with Gasteiger partial charge >= 0.3 is 0 Å². The zero-order valence-electron chi connectivity index (χ0n) is 18.6. The Morgan fingerprint density at radius 1 is 1.24 bits per heavy atom. The third-order valence-electron chi connectivity index (χ3n) is 5.64. The molecule has 1 fully saturated rings. The van der Waals surface area contributed by atoms with Crippen molar-refractivity contribution in [2.24, 2.45) is 0 Å². The first-order chi connectivity index (χ1) is 16.4. The van der Waals surface area contributed by atoms with Gasteiger partial charge in [-0.15, -0.1) is 0 Å². The van der Waals surface area contributed by atoms with Gasteiger partial charge in [0.2, 0.25) is 0 Å². The predicted octanol–water partition coefficient (Wildman–Crippen LogP) is 4.95. The smallest absolute Gasteiger partial charge is 0.255 e. The summed E-state index contributed by atoms with van der Waals surface area (Å²) in [6, 6.07) is 13.2. The molecule has 178 valence electrons. The minimum Gasteiger partial charge on any atom is -0.376 e. The van der Waals surface area contributed by atoms with Crippen LogP contribution in [0.15, 0.2) is 60.8 Å². The number of amides is 1. The van der Waals surface area contributed by atoms with Crippen molar-refractivity contribution < 1.29 is 18.3 Å². The molecule has 3 aromatic rings. The topological polar surface area (TPSA) is 66.5 Å². The van der Waals surface area contributed by atoms with Crippen LogP contribution in [0.3, 0.4) is 0 Å². The number of aromatic nitrogens is 1. The van der Waals surface area contributed by atoms with E-state index in [1.807, 2.05) is 6.92 Å². The molecule has 0 spiro atoms. The van der Waals surface area contributed by atoms with Crippen LogP contribution in [0, 0.1) is 11.6 Å². The van der Waals surface area contributed by atoms with E-state index in [9.17, 15) is 13.6 Å². The molecule has 1 aliphatic heterocycles. The molecule has 0 bridgehead atoms. The fourth-order valence-electron chi connectivity index (χ4n) is 4.05. The molecule has 0 aliphatic carbocycles. The Balaban J connectivity index is 1.56. The fourth-order valence-corrected chi connectivity index (χ4v) is 4.34. The van der Waals surface area contributed by atoms with Gasteiger partial charge in [0.1, 0.15) is 17.5 Å². The number of benzene rings is 2. The molecule has 2 aromatic carbocycles. The van der Waals surface area contributed by atoms with Gasteiger partial charge in [-0.3, -0.25) is 9.69 Å². The molecule has 34 heavy (non-hydrogen) atoms. The molecule has 1 aliphatic rings. The largest absolute Gasteiger partial charge is 0.376 e. The van der Waals surface area contributed by atoms with Gasteiger partial charge in [0.15, 0.2) is 0 Å². The van der Waals surface area contributed by atoms with E-state index in [0.29, 0.717) is 36.0 Å². The number of pyridine rings is 1. The maximum Gasteiger partial charge on any atom is 0.255 e. The third-order valence-corrected chi connectivity index (χ3v) is 5.97. The van der Waals surface area contributed by atoms with Crippen molar-refractivity contribution >= 4 is 29.0 Å². The van der Waals surface area contributed by atoms with Crippen molar-refractivity contribution in [1.82, 2.24) is 15.2 Å². The van der Waals surface area contributed by atoms with E-state index >= 15 is 0 Å². The molecule has 2 heterocycles. The third kappa shape index (κ3) is 5.70. The second kappa shape index (κ2) is 10.9. The Labute approximate surface area is 201 Å². The quantitative estimate of drug-likeness (QED) is 0.494. The van der Waals surface area contributed by atoms with Gasteiger partial charge in [-0.2, -0.15) is 0 Å². The lowest BCUT2D eigenvalue weighted by molar-refractivity contribution is -0.0346. The molecule has 1 amide bonds. The van der Waals surface area contributed by atoms with Crippen molar-refractivity contribution in [3.05, 3.63) is 88.6 Å². The van der Waals surface area contributed by atoms with Crippen LogP contribution in [0.1, 0.15) is 28.9 Å². The van der Waals surface area contributed by atoms with Crippen LogP contribution in [0.2, 0.25) is 5.02 Å². The van der Waals surface area contributed by atoms with Gasteiger partial charge < -0.3 is 15.4 Å². The summed E-state index contributed by atoms with van der Waals surface area (Å²) >= 11 is 6.38. The minimum absolute atomic E-state index is 0.0297. The molecule has 2 N–H and O–H groups in total. The summed E-state index contributed by atoms with van der Waals surface area (Å²) in [5.74, 6) is -0.950. The summed E-state index contributed by atoms with van der Waals surface area (Å²) in [5.41, 5.74) is 1.08. The summed E-state index contributed by atoms with van der Waals surface area (Å²) in [6.45, 7) is 3.73. The number of ether oxygens (including phenoxy) is 1. The van der Waals surface area contributed by atoms with Gasteiger partial charge in [-0.1, -0.05) is 23.7 Å². The van der Waals surface area contributed by atoms with Gasteiger partial charge in [-0.05, 0) is 49.4 Å². The predicted molar refractivity (Wildman–Crippen MR) is 127 cm³/mol. The Morgan fingerprint density at radius 2 is 2.06 bits per heavy atom. The van der Waals surface area contributed by atoms with Crippen molar-refractivity contribution in [2.75, 3.05) is 31.6 Å². The molecule has 2 atom stereocenters. The average Bonchev–Trinajstić information content (AvgIpc) is 2.81. The number of nitrogens with zero attached hydrogens (tertiary/aromatic N) is 2. The summed E-state index contributed by atoms with van der Waals surface area (Å²) in [4.78, 5) is 19.4. The van der Waals surface area contributed by atoms with E-state index in [0.717, 1.165) is 0 Å². The van der Waals surface area contributed by atoms with Gasteiger partial charge in [0, 0.05) is 42.1 Å². The van der Waals surface area contributed by atoms with Gasteiger partial charge in [-0.25, -0.2) is 13.8 Å². The summed E-state index contributed by atoms with van der Waals surface area (Å²) in [6.07, 6.45) is 1.51. The van der Waals surface area contributed by atoms with Gasteiger partial charge in [0.05, 0.1) is 24.3 Å². The van der Waals surface area contributed by atoms with Crippen LogP contribution < -0.4 is 10.6 Å². The van der Waals surface area contributed by atoms with Crippen LogP contribution in [-0.4, -0.2) is 48.1 Å². The molecule has 9 heteroatoms. The van der Waals surface area contributed by atoms with E-state index in [4.69, 9.17) is 16.3 Å². The first-order valence-corrected chi connectivity index (χ1v) is 11.4. The lowest BCUT2D eigenvalue weighted by Gasteiger charge is -2.38. The molecule has 0 saturated carbocycles. The Morgan fingerprint density at radius 3 is 2.82 bits per heavy atom. The molecule has 4 rings (SSSR count). The number of carbonyl (C=O) groups is 1. The minimum atomic E-state index is -0.486. The number of anilines is 2. The van der Waals surface area contributed by atoms with Crippen LogP contribution in [0.4, 0.5) is 20.3 Å². The van der Waals surface area contributed by atoms with Crippen LogP contribution >= 0.6 is 11.6 Å². The van der Waals surface area contributed by atoms with E-state index in [-0.39, 0.29) is 24.0 Å². The van der Waals surface area contributed by atoms with E-state index < -0.39 is 23.6 Å². The molecule has 1 saturated heterocycles. The van der Waals surface area contributed by atoms with E-state index in [2.05, 4.69) is 20.5 Å². The zero-order chi connectivity index (χ0) is 24.1. The van der Waals surface area contributed by atoms with Crippen molar-refractivity contribution in [3.63, 3.8) is 0 Å². The van der Waals surface area contributed by atoms with Crippen molar-refractivity contribution in [1.29, 1.82) is 0 Å². The summed E-state index contributed by atoms with van der Waals surface area (Å²) < 4.78 is 34.0. The number of carbonyl (C=O) groups excluding carboxylic acids is 1. The lowest BCUT2D eigenvalue weighted by atomic mass is 10.0. The lowest BCUT2D eigenvalue weighted by Crippen LogP contribution is -2.47. The Kier molecular flexibility index (Phi) is 7.72. The summed E-state index contributed by atoms with van der Waals surface area (Å²) in [7, 11) is 0. The van der Waals surface area contributed by atoms with Crippen molar-refractivity contribution in [3.8, 4) is 0 Å². The van der Waals surface area contributed by atoms with Crippen molar-refractivity contribution in [2.45, 2.75) is 19.1 Å². The average molecular weight is 487 g/mol. The number of hydrogen-bond acceptors (Lipinski definition) is 5. The monoisotopic (exact) mass is 486 g/mol. The maximum absolute atomic E-state index is 14.8. The normalized spacial score (nSPS) is 17.2. The first-order valence-electron chi connectivity index (χ1n) is 11.0. The number of hydrogen-bond donors (Lipinski definition) is 2. The Bertz CT molecular complexity index is 1140. The van der Waals surface area contributed by atoms with Gasteiger partial charge in [0.25, 0.3) is 5.91 Å². The number of rotatable bonds is 7. The second-order valence-corrected chi connectivity index (χ2v) is 8.48. The zero-order valence-corrected chi connectivity index (χ0v) is 19.4.